The number of carbonyl (C=O) groups excluding carboxylic acids is 1. The number of ether oxygens (including phenoxy) is 1. The molecule has 0 aliphatic heterocycles. The fraction of sp³-hybridized carbons (Fsp3) is 0.500. The third kappa shape index (κ3) is 5.63. The molecule has 0 heterocycles. The third-order valence-electron chi connectivity index (χ3n) is 2.74. The summed E-state index contributed by atoms with van der Waals surface area (Å²) in [6.07, 6.45) is 0.173. The van der Waals surface area contributed by atoms with Crippen molar-refractivity contribution in [2.24, 2.45) is 0 Å². The second-order valence-electron chi connectivity index (χ2n) is 4.32. The molecule has 20 heavy (non-hydrogen) atoms. The molecule has 1 aromatic rings. The molecule has 0 fully saturated rings. The maximum atomic E-state index is 13.6. The van der Waals surface area contributed by atoms with Crippen molar-refractivity contribution >= 4 is 5.97 Å². The molecule has 0 aliphatic carbocycles. The van der Waals surface area contributed by atoms with Crippen LogP contribution in [0, 0.1) is 11.6 Å². The Balaban J connectivity index is 2.72. The highest BCUT2D eigenvalue weighted by Gasteiger charge is 2.17. The van der Waals surface area contributed by atoms with Crippen molar-refractivity contribution in [1.29, 1.82) is 0 Å². The van der Waals surface area contributed by atoms with E-state index in [0.29, 0.717) is 0 Å². The number of nitrogens with one attached hydrogen (secondary N) is 1. The van der Waals surface area contributed by atoms with E-state index in [4.69, 9.17) is 9.84 Å². The molecule has 0 aliphatic rings. The number of hydrogen-bond acceptors (Lipinski definition) is 4. The number of carbonyl (C=O) groups is 1. The van der Waals surface area contributed by atoms with E-state index < -0.39 is 23.6 Å². The molecule has 2 N–H and O–H groups in total. The van der Waals surface area contributed by atoms with Crippen LogP contribution in [0.4, 0.5) is 8.78 Å². The van der Waals surface area contributed by atoms with Crippen LogP contribution in [0.1, 0.15) is 18.9 Å². The smallest absolute Gasteiger partial charge is 0.307 e. The zero-order valence-corrected chi connectivity index (χ0v) is 11.4. The van der Waals surface area contributed by atoms with Crippen LogP contribution < -0.4 is 5.32 Å². The van der Waals surface area contributed by atoms with E-state index in [1.165, 1.54) is 0 Å². The van der Waals surface area contributed by atoms with Gasteiger partial charge in [0.05, 0.1) is 19.6 Å². The number of esters is 1. The first-order chi connectivity index (χ1) is 9.56. The Hall–Kier alpha value is -1.53. The lowest BCUT2D eigenvalue weighted by atomic mass is 10.0. The average Bonchev–Trinajstić information content (AvgIpc) is 2.40. The SMILES string of the molecule is CCOC(=O)CC(Cc1cc(F)ccc1F)NCCO. The summed E-state index contributed by atoms with van der Waals surface area (Å²) in [5.74, 6) is -1.47. The minimum atomic E-state index is -0.529. The second kappa shape index (κ2) is 8.60. The summed E-state index contributed by atoms with van der Waals surface area (Å²) < 4.78 is 31.5. The van der Waals surface area contributed by atoms with Gasteiger partial charge in [-0.15, -0.1) is 0 Å². The maximum absolute atomic E-state index is 13.6. The Bertz CT molecular complexity index is 440. The number of aliphatic hydroxyl groups is 1. The number of benzene rings is 1. The first kappa shape index (κ1) is 16.5. The molecule has 1 atom stereocenters. The van der Waals surface area contributed by atoms with E-state index >= 15 is 0 Å². The van der Waals surface area contributed by atoms with Gasteiger partial charge < -0.3 is 15.2 Å². The van der Waals surface area contributed by atoms with Crippen molar-refractivity contribution < 1.29 is 23.4 Å². The minimum Gasteiger partial charge on any atom is -0.466 e. The lowest BCUT2D eigenvalue weighted by molar-refractivity contribution is -0.143. The van der Waals surface area contributed by atoms with Crippen molar-refractivity contribution in [2.75, 3.05) is 19.8 Å². The zero-order chi connectivity index (χ0) is 15.0. The van der Waals surface area contributed by atoms with Crippen LogP contribution in [0.25, 0.3) is 0 Å². The molecule has 1 rings (SSSR count). The predicted molar refractivity (Wildman–Crippen MR) is 70.2 cm³/mol. The van der Waals surface area contributed by atoms with Crippen molar-refractivity contribution in [3.63, 3.8) is 0 Å². The van der Waals surface area contributed by atoms with E-state index in [0.717, 1.165) is 18.2 Å². The molecule has 0 saturated carbocycles. The Labute approximate surface area is 116 Å². The quantitative estimate of drug-likeness (QED) is 0.710. The first-order valence-electron chi connectivity index (χ1n) is 6.50. The van der Waals surface area contributed by atoms with Crippen LogP contribution >= 0.6 is 0 Å². The van der Waals surface area contributed by atoms with E-state index in [1.807, 2.05) is 0 Å². The topological polar surface area (TPSA) is 58.6 Å². The van der Waals surface area contributed by atoms with Gasteiger partial charge in [-0.1, -0.05) is 0 Å². The summed E-state index contributed by atoms with van der Waals surface area (Å²) >= 11 is 0. The predicted octanol–water partition coefficient (Wildman–Crippen LogP) is 1.41. The van der Waals surface area contributed by atoms with Crippen LogP contribution in [0.15, 0.2) is 18.2 Å². The molecule has 0 radical (unpaired) electrons. The van der Waals surface area contributed by atoms with Gasteiger partial charge in [0, 0.05) is 12.6 Å². The zero-order valence-electron chi connectivity index (χ0n) is 11.4. The molecule has 0 spiro atoms. The van der Waals surface area contributed by atoms with Crippen LogP contribution in [-0.2, 0) is 16.0 Å². The van der Waals surface area contributed by atoms with Gasteiger partial charge in [-0.2, -0.15) is 0 Å². The van der Waals surface area contributed by atoms with Crippen LogP contribution in [0.2, 0.25) is 0 Å². The maximum Gasteiger partial charge on any atom is 0.307 e. The lowest BCUT2D eigenvalue weighted by Crippen LogP contribution is -2.36. The van der Waals surface area contributed by atoms with E-state index in [9.17, 15) is 13.6 Å². The van der Waals surface area contributed by atoms with Crippen LogP contribution in [-0.4, -0.2) is 36.9 Å². The number of rotatable bonds is 8. The molecule has 0 amide bonds. The lowest BCUT2D eigenvalue weighted by Gasteiger charge is -2.18. The number of hydrogen-bond donors (Lipinski definition) is 2. The average molecular weight is 287 g/mol. The first-order valence-corrected chi connectivity index (χ1v) is 6.50. The molecule has 4 nitrogen and oxygen atoms in total. The van der Waals surface area contributed by atoms with E-state index in [-0.39, 0.29) is 38.2 Å². The van der Waals surface area contributed by atoms with Gasteiger partial charge in [-0.05, 0) is 37.1 Å². The molecule has 1 unspecified atom stereocenters. The molecule has 0 aromatic heterocycles. The summed E-state index contributed by atoms with van der Waals surface area (Å²) in [7, 11) is 0. The summed E-state index contributed by atoms with van der Waals surface area (Å²) in [5, 5.41) is 11.7. The minimum absolute atomic E-state index is 0.0315. The van der Waals surface area contributed by atoms with E-state index in [1.54, 1.807) is 6.92 Å². The molecule has 0 saturated heterocycles. The highest BCUT2D eigenvalue weighted by molar-refractivity contribution is 5.70. The Morgan fingerprint density at radius 1 is 1.45 bits per heavy atom. The van der Waals surface area contributed by atoms with Crippen molar-refractivity contribution in [2.45, 2.75) is 25.8 Å². The summed E-state index contributed by atoms with van der Waals surface area (Å²) in [4.78, 5) is 11.5. The normalized spacial score (nSPS) is 12.2. The molecular formula is C14H19F2NO3. The third-order valence-corrected chi connectivity index (χ3v) is 2.74. The highest BCUT2D eigenvalue weighted by atomic mass is 19.1. The van der Waals surface area contributed by atoms with Gasteiger partial charge in [0.25, 0.3) is 0 Å². The number of halogens is 2. The van der Waals surface area contributed by atoms with Crippen molar-refractivity contribution in [3.05, 3.63) is 35.4 Å². The highest BCUT2D eigenvalue weighted by Crippen LogP contribution is 2.13. The largest absolute Gasteiger partial charge is 0.466 e. The fourth-order valence-corrected chi connectivity index (χ4v) is 1.87. The second-order valence-corrected chi connectivity index (χ2v) is 4.32. The molecular weight excluding hydrogens is 268 g/mol. The monoisotopic (exact) mass is 287 g/mol. The Morgan fingerprint density at radius 3 is 2.85 bits per heavy atom. The standard InChI is InChI=1S/C14H19F2NO3/c1-2-20-14(19)9-12(17-5-6-18)8-10-7-11(15)3-4-13(10)16/h3-4,7,12,17-18H,2,5-6,8-9H2,1H3. The van der Waals surface area contributed by atoms with Gasteiger partial charge in [0.15, 0.2) is 0 Å². The molecule has 1 aromatic carbocycles. The molecule has 6 heteroatoms. The van der Waals surface area contributed by atoms with Gasteiger partial charge in [-0.3, -0.25) is 4.79 Å². The van der Waals surface area contributed by atoms with Gasteiger partial charge >= 0.3 is 5.97 Å². The summed E-state index contributed by atoms with van der Waals surface area (Å²) in [6, 6.07) is 2.78. The van der Waals surface area contributed by atoms with Crippen LogP contribution in [0.5, 0.6) is 0 Å². The summed E-state index contributed by atoms with van der Waals surface area (Å²) in [6.45, 7) is 2.12. The Morgan fingerprint density at radius 2 is 2.20 bits per heavy atom. The fourth-order valence-electron chi connectivity index (χ4n) is 1.87. The summed E-state index contributed by atoms with van der Waals surface area (Å²) in [5.41, 5.74) is 0.185. The van der Waals surface area contributed by atoms with E-state index in [2.05, 4.69) is 5.32 Å². The van der Waals surface area contributed by atoms with Crippen LogP contribution in [0.3, 0.4) is 0 Å². The van der Waals surface area contributed by atoms with Crippen molar-refractivity contribution in [3.8, 4) is 0 Å². The molecule has 112 valence electrons. The molecule has 0 bridgehead atoms. The Kier molecular flexibility index (Phi) is 7.11. The van der Waals surface area contributed by atoms with Crippen molar-refractivity contribution in [1.82, 2.24) is 5.32 Å². The number of aliphatic hydroxyl groups excluding tert-OH is 1. The van der Waals surface area contributed by atoms with Gasteiger partial charge in [-0.25, -0.2) is 8.78 Å². The van der Waals surface area contributed by atoms with Gasteiger partial charge in [0.2, 0.25) is 0 Å². The van der Waals surface area contributed by atoms with Gasteiger partial charge in [0.1, 0.15) is 11.6 Å².